The number of phenolic OH excluding ortho intramolecular Hbond substituents is 1. The average molecular weight is 262 g/mol. The van der Waals surface area contributed by atoms with Crippen molar-refractivity contribution in [3.63, 3.8) is 0 Å². The van der Waals surface area contributed by atoms with E-state index in [9.17, 15) is 9.90 Å². The van der Waals surface area contributed by atoms with E-state index in [0.29, 0.717) is 6.42 Å². The molecule has 2 rings (SSSR count). The van der Waals surface area contributed by atoms with Gasteiger partial charge in [-0.3, -0.25) is 4.79 Å². The molecule has 0 saturated carbocycles. The Bertz CT molecular complexity index is 422. The van der Waals surface area contributed by atoms with Crippen molar-refractivity contribution in [2.75, 3.05) is 19.6 Å². The van der Waals surface area contributed by atoms with Crippen molar-refractivity contribution in [3.05, 3.63) is 29.8 Å². The second kappa shape index (κ2) is 6.06. The van der Waals surface area contributed by atoms with E-state index < -0.39 is 0 Å². The molecular formula is C15H22N2O2. The third-order valence-corrected chi connectivity index (χ3v) is 3.82. The minimum atomic E-state index is 0.0467. The first kappa shape index (κ1) is 13.9. The Kier molecular flexibility index (Phi) is 4.43. The van der Waals surface area contributed by atoms with E-state index >= 15 is 0 Å². The standard InChI is InChI=1S/C15H22N2O2/c1-15(6-8-16-9-7-15)11-17-14(19)10-12-2-4-13(18)5-3-12/h2-5,16,18H,6-11H2,1H3,(H,17,19). The van der Waals surface area contributed by atoms with E-state index in [1.54, 1.807) is 24.3 Å². The van der Waals surface area contributed by atoms with Gasteiger partial charge in [0, 0.05) is 6.54 Å². The Labute approximate surface area is 114 Å². The van der Waals surface area contributed by atoms with Gasteiger partial charge in [-0.05, 0) is 49.0 Å². The van der Waals surface area contributed by atoms with Crippen LogP contribution in [-0.2, 0) is 11.2 Å². The number of nitrogens with one attached hydrogen (secondary N) is 2. The first-order chi connectivity index (χ1) is 9.07. The molecule has 1 aromatic carbocycles. The van der Waals surface area contributed by atoms with E-state index in [1.807, 2.05) is 0 Å². The Balaban J connectivity index is 1.79. The van der Waals surface area contributed by atoms with Gasteiger partial charge < -0.3 is 15.7 Å². The zero-order valence-corrected chi connectivity index (χ0v) is 11.4. The SMILES string of the molecule is CC1(CNC(=O)Cc2ccc(O)cc2)CCNCC1. The van der Waals surface area contributed by atoms with Crippen molar-refractivity contribution in [3.8, 4) is 5.75 Å². The van der Waals surface area contributed by atoms with Crippen molar-refractivity contribution >= 4 is 5.91 Å². The molecule has 0 spiro atoms. The molecule has 1 saturated heterocycles. The Morgan fingerprint density at radius 1 is 1.32 bits per heavy atom. The lowest BCUT2D eigenvalue weighted by molar-refractivity contribution is -0.121. The van der Waals surface area contributed by atoms with Crippen LogP contribution in [0.25, 0.3) is 0 Å². The van der Waals surface area contributed by atoms with Gasteiger partial charge in [0.1, 0.15) is 5.75 Å². The molecule has 1 aliphatic rings. The van der Waals surface area contributed by atoms with Crippen LogP contribution < -0.4 is 10.6 Å². The predicted molar refractivity (Wildman–Crippen MR) is 75.0 cm³/mol. The van der Waals surface area contributed by atoms with E-state index in [2.05, 4.69) is 17.6 Å². The number of carbonyl (C=O) groups is 1. The van der Waals surface area contributed by atoms with Gasteiger partial charge >= 0.3 is 0 Å². The summed E-state index contributed by atoms with van der Waals surface area (Å²) in [5.74, 6) is 0.275. The monoisotopic (exact) mass is 262 g/mol. The molecule has 0 aliphatic carbocycles. The fraction of sp³-hybridized carbons (Fsp3) is 0.533. The summed E-state index contributed by atoms with van der Waals surface area (Å²) in [5, 5.41) is 15.6. The molecule has 104 valence electrons. The largest absolute Gasteiger partial charge is 0.508 e. The van der Waals surface area contributed by atoms with E-state index in [-0.39, 0.29) is 17.1 Å². The average Bonchev–Trinajstić information content (AvgIpc) is 2.40. The van der Waals surface area contributed by atoms with Gasteiger partial charge in [-0.1, -0.05) is 19.1 Å². The molecule has 3 N–H and O–H groups in total. The quantitative estimate of drug-likeness (QED) is 0.769. The molecular weight excluding hydrogens is 240 g/mol. The zero-order valence-electron chi connectivity index (χ0n) is 11.4. The van der Waals surface area contributed by atoms with Gasteiger partial charge in [0.2, 0.25) is 5.91 Å². The van der Waals surface area contributed by atoms with Crippen molar-refractivity contribution in [2.24, 2.45) is 5.41 Å². The summed E-state index contributed by atoms with van der Waals surface area (Å²) in [6.45, 7) is 5.04. The minimum absolute atomic E-state index is 0.0467. The molecule has 1 amide bonds. The maximum absolute atomic E-state index is 11.9. The van der Waals surface area contributed by atoms with Crippen LogP contribution in [0, 0.1) is 5.41 Å². The second-order valence-corrected chi connectivity index (χ2v) is 5.68. The summed E-state index contributed by atoms with van der Waals surface area (Å²) in [6, 6.07) is 6.77. The summed E-state index contributed by atoms with van der Waals surface area (Å²) >= 11 is 0. The molecule has 19 heavy (non-hydrogen) atoms. The van der Waals surface area contributed by atoms with Crippen molar-refractivity contribution in [2.45, 2.75) is 26.2 Å². The summed E-state index contributed by atoms with van der Waals surface area (Å²) in [5.41, 5.74) is 1.14. The number of amides is 1. The van der Waals surface area contributed by atoms with Crippen LogP contribution in [0.15, 0.2) is 24.3 Å². The number of phenols is 1. The van der Waals surface area contributed by atoms with Gasteiger partial charge in [0.25, 0.3) is 0 Å². The summed E-state index contributed by atoms with van der Waals surface area (Å²) in [4.78, 5) is 11.9. The number of piperidine rings is 1. The van der Waals surface area contributed by atoms with Gasteiger partial charge in [0.05, 0.1) is 6.42 Å². The Morgan fingerprint density at radius 2 is 1.95 bits per heavy atom. The molecule has 4 nitrogen and oxygen atoms in total. The van der Waals surface area contributed by atoms with E-state index in [0.717, 1.165) is 38.0 Å². The second-order valence-electron chi connectivity index (χ2n) is 5.68. The van der Waals surface area contributed by atoms with Gasteiger partial charge in [-0.2, -0.15) is 0 Å². The molecule has 0 aromatic heterocycles. The normalized spacial score (nSPS) is 17.9. The smallest absolute Gasteiger partial charge is 0.224 e. The maximum Gasteiger partial charge on any atom is 0.224 e. The van der Waals surface area contributed by atoms with Crippen LogP contribution in [-0.4, -0.2) is 30.6 Å². The highest BCUT2D eigenvalue weighted by Crippen LogP contribution is 2.26. The van der Waals surface area contributed by atoms with E-state index in [4.69, 9.17) is 0 Å². The highest BCUT2D eigenvalue weighted by atomic mass is 16.3. The lowest BCUT2D eigenvalue weighted by Crippen LogP contribution is -2.43. The molecule has 4 heteroatoms. The highest BCUT2D eigenvalue weighted by molar-refractivity contribution is 5.78. The predicted octanol–water partition coefficient (Wildman–Crippen LogP) is 1.44. The van der Waals surface area contributed by atoms with Crippen LogP contribution in [0.3, 0.4) is 0 Å². The lowest BCUT2D eigenvalue weighted by atomic mass is 9.81. The summed E-state index contributed by atoms with van der Waals surface area (Å²) in [7, 11) is 0. The van der Waals surface area contributed by atoms with Crippen LogP contribution in [0.5, 0.6) is 5.75 Å². The summed E-state index contributed by atoms with van der Waals surface area (Å²) in [6.07, 6.45) is 2.58. The fourth-order valence-electron chi connectivity index (χ4n) is 2.38. The van der Waals surface area contributed by atoms with Gasteiger partial charge in [0.15, 0.2) is 0 Å². The number of rotatable bonds is 4. The first-order valence-electron chi connectivity index (χ1n) is 6.83. The van der Waals surface area contributed by atoms with Crippen molar-refractivity contribution < 1.29 is 9.90 Å². The van der Waals surface area contributed by atoms with Crippen LogP contribution >= 0.6 is 0 Å². The molecule has 0 bridgehead atoms. The third-order valence-electron chi connectivity index (χ3n) is 3.82. The topological polar surface area (TPSA) is 61.4 Å². The van der Waals surface area contributed by atoms with Crippen LogP contribution in [0.4, 0.5) is 0 Å². The minimum Gasteiger partial charge on any atom is -0.508 e. The van der Waals surface area contributed by atoms with Crippen molar-refractivity contribution in [1.82, 2.24) is 10.6 Å². The van der Waals surface area contributed by atoms with Crippen molar-refractivity contribution in [1.29, 1.82) is 0 Å². The molecule has 1 aliphatic heterocycles. The molecule has 0 radical (unpaired) electrons. The van der Waals surface area contributed by atoms with E-state index in [1.165, 1.54) is 0 Å². The lowest BCUT2D eigenvalue weighted by Gasteiger charge is -2.34. The maximum atomic E-state index is 11.9. The number of benzene rings is 1. The zero-order chi connectivity index (χ0) is 13.7. The Morgan fingerprint density at radius 3 is 2.58 bits per heavy atom. The molecule has 1 aromatic rings. The molecule has 1 fully saturated rings. The van der Waals surface area contributed by atoms with Gasteiger partial charge in [-0.15, -0.1) is 0 Å². The fourth-order valence-corrected chi connectivity index (χ4v) is 2.38. The molecule has 1 heterocycles. The number of hydrogen-bond donors (Lipinski definition) is 3. The number of carbonyl (C=O) groups excluding carboxylic acids is 1. The van der Waals surface area contributed by atoms with Gasteiger partial charge in [-0.25, -0.2) is 0 Å². The first-order valence-corrected chi connectivity index (χ1v) is 6.83. The molecule has 0 unspecified atom stereocenters. The Hall–Kier alpha value is -1.55. The number of aromatic hydroxyl groups is 1. The van der Waals surface area contributed by atoms with Crippen LogP contribution in [0.2, 0.25) is 0 Å². The highest BCUT2D eigenvalue weighted by Gasteiger charge is 2.26. The molecule has 0 atom stereocenters. The van der Waals surface area contributed by atoms with Crippen LogP contribution in [0.1, 0.15) is 25.3 Å². The summed E-state index contributed by atoms with van der Waals surface area (Å²) < 4.78 is 0. The number of hydrogen-bond acceptors (Lipinski definition) is 3. The third kappa shape index (κ3) is 4.24.